The number of amides is 1. The van der Waals surface area contributed by atoms with E-state index in [4.69, 9.17) is 27.9 Å². The van der Waals surface area contributed by atoms with E-state index < -0.39 is 5.82 Å². The number of amidine groups is 1. The van der Waals surface area contributed by atoms with Gasteiger partial charge in [0.25, 0.3) is 5.91 Å². The van der Waals surface area contributed by atoms with Crippen LogP contribution in [0.25, 0.3) is 6.08 Å². The topological polar surface area (TPSA) is 50.7 Å². The van der Waals surface area contributed by atoms with Crippen LogP contribution in [0.15, 0.2) is 46.3 Å². The Morgan fingerprint density at radius 1 is 1.28 bits per heavy atom. The van der Waals surface area contributed by atoms with Gasteiger partial charge in [-0.3, -0.25) is 4.79 Å². The molecule has 1 saturated heterocycles. The lowest BCUT2D eigenvalue weighted by atomic mass is 10.2. The highest BCUT2D eigenvalue weighted by atomic mass is 35.5. The first kappa shape index (κ1) is 17.8. The number of nitrogens with zero attached hydrogens (tertiary/aromatic N) is 1. The first-order valence-corrected chi connectivity index (χ1v) is 8.62. The van der Waals surface area contributed by atoms with Crippen LogP contribution < -0.4 is 10.1 Å². The van der Waals surface area contributed by atoms with E-state index in [-0.39, 0.29) is 21.4 Å². The van der Waals surface area contributed by atoms with Crippen molar-refractivity contribution in [1.29, 1.82) is 0 Å². The normalized spacial score (nSPS) is 17.2. The van der Waals surface area contributed by atoms with Crippen molar-refractivity contribution in [3.8, 4) is 5.75 Å². The van der Waals surface area contributed by atoms with Gasteiger partial charge in [0, 0.05) is 10.6 Å². The molecule has 8 heteroatoms. The molecular formula is C17H11Cl2FN2O2S. The van der Waals surface area contributed by atoms with Crippen LogP contribution in [-0.4, -0.2) is 18.2 Å². The number of benzene rings is 2. The van der Waals surface area contributed by atoms with E-state index in [0.717, 1.165) is 11.8 Å². The number of hydrogen-bond donors (Lipinski definition) is 1. The predicted molar refractivity (Wildman–Crippen MR) is 100 cm³/mol. The maximum absolute atomic E-state index is 13.9. The highest BCUT2D eigenvalue weighted by Crippen LogP contribution is 2.34. The van der Waals surface area contributed by atoms with Gasteiger partial charge in [0.1, 0.15) is 17.3 Å². The summed E-state index contributed by atoms with van der Waals surface area (Å²) in [5, 5.41) is 3.68. The van der Waals surface area contributed by atoms with Crippen molar-refractivity contribution in [2.75, 3.05) is 7.11 Å². The molecule has 0 aromatic heterocycles. The third kappa shape index (κ3) is 3.98. The summed E-state index contributed by atoms with van der Waals surface area (Å²) in [6.07, 6.45) is 1.40. The van der Waals surface area contributed by atoms with Crippen molar-refractivity contribution in [2.45, 2.75) is 0 Å². The first-order valence-electron chi connectivity index (χ1n) is 7.05. The number of carbonyl (C=O) groups is 1. The second-order valence-corrected chi connectivity index (χ2v) is 6.81. The number of hydrogen-bond acceptors (Lipinski definition) is 4. The molecule has 3 rings (SSSR count). The molecule has 1 N–H and O–H groups in total. The van der Waals surface area contributed by atoms with E-state index >= 15 is 0 Å². The second kappa shape index (κ2) is 7.47. The van der Waals surface area contributed by atoms with Crippen molar-refractivity contribution in [1.82, 2.24) is 5.32 Å². The number of aliphatic imine (C=N–C) groups is 1. The van der Waals surface area contributed by atoms with Crippen LogP contribution in [0, 0.1) is 5.82 Å². The lowest BCUT2D eigenvalue weighted by molar-refractivity contribution is -0.115. The average molecular weight is 397 g/mol. The molecule has 0 saturated carbocycles. The average Bonchev–Trinajstić information content (AvgIpc) is 2.91. The van der Waals surface area contributed by atoms with Crippen LogP contribution in [0.3, 0.4) is 0 Å². The monoisotopic (exact) mass is 396 g/mol. The number of carbonyl (C=O) groups excluding carboxylic acids is 1. The molecule has 1 amide bonds. The highest BCUT2D eigenvalue weighted by molar-refractivity contribution is 8.18. The summed E-state index contributed by atoms with van der Waals surface area (Å²) >= 11 is 13.0. The highest BCUT2D eigenvalue weighted by Gasteiger charge is 2.25. The molecule has 2 aromatic carbocycles. The van der Waals surface area contributed by atoms with Crippen LogP contribution in [0.4, 0.5) is 10.1 Å². The number of rotatable bonds is 3. The number of ether oxygens (including phenoxy) is 1. The number of methoxy groups -OCH3 is 1. The van der Waals surface area contributed by atoms with Crippen LogP contribution in [-0.2, 0) is 4.79 Å². The van der Waals surface area contributed by atoms with Crippen LogP contribution >= 0.6 is 35.0 Å². The van der Waals surface area contributed by atoms with Crippen LogP contribution in [0.5, 0.6) is 5.75 Å². The molecule has 0 aliphatic carbocycles. The van der Waals surface area contributed by atoms with E-state index in [0.29, 0.717) is 21.6 Å². The zero-order chi connectivity index (χ0) is 18.0. The Morgan fingerprint density at radius 3 is 2.80 bits per heavy atom. The fourth-order valence-corrected chi connectivity index (χ4v) is 3.32. The van der Waals surface area contributed by atoms with Gasteiger partial charge in [-0.2, -0.15) is 0 Å². The fraction of sp³-hybridized carbons (Fsp3) is 0.0588. The molecule has 2 aromatic rings. The quantitative estimate of drug-likeness (QED) is 0.739. The summed E-state index contributed by atoms with van der Waals surface area (Å²) < 4.78 is 19.1. The summed E-state index contributed by atoms with van der Waals surface area (Å²) in [6.45, 7) is 0. The minimum absolute atomic E-state index is 0.156. The summed E-state index contributed by atoms with van der Waals surface area (Å²) in [6, 6.07) is 9.31. The largest absolute Gasteiger partial charge is 0.494 e. The molecule has 1 aliphatic heterocycles. The minimum atomic E-state index is -0.504. The Kier molecular flexibility index (Phi) is 5.32. The second-order valence-electron chi connectivity index (χ2n) is 4.93. The van der Waals surface area contributed by atoms with Gasteiger partial charge in [0.2, 0.25) is 0 Å². The summed E-state index contributed by atoms with van der Waals surface area (Å²) in [5.74, 6) is -0.374. The first-order chi connectivity index (χ1) is 12.0. The van der Waals surface area contributed by atoms with Gasteiger partial charge in [0.15, 0.2) is 5.17 Å². The van der Waals surface area contributed by atoms with Gasteiger partial charge < -0.3 is 10.1 Å². The van der Waals surface area contributed by atoms with E-state index in [1.54, 1.807) is 24.3 Å². The minimum Gasteiger partial charge on any atom is -0.494 e. The molecular weight excluding hydrogens is 386 g/mol. The molecule has 0 spiro atoms. The smallest absolute Gasteiger partial charge is 0.264 e. The summed E-state index contributed by atoms with van der Waals surface area (Å²) in [7, 11) is 1.51. The number of nitrogens with one attached hydrogen (secondary N) is 1. The third-order valence-electron chi connectivity index (χ3n) is 3.29. The number of thioether (sulfide) groups is 1. The van der Waals surface area contributed by atoms with Gasteiger partial charge >= 0.3 is 0 Å². The lowest BCUT2D eigenvalue weighted by Crippen LogP contribution is -2.19. The SMILES string of the molecule is COc1ccc(Cl)cc1N=C1NC(=O)/C(=C/c2c(F)cccc2Cl)S1. The lowest BCUT2D eigenvalue weighted by Gasteiger charge is -2.05. The Bertz CT molecular complexity index is 895. The Morgan fingerprint density at radius 2 is 2.08 bits per heavy atom. The molecule has 4 nitrogen and oxygen atoms in total. The van der Waals surface area contributed by atoms with E-state index in [2.05, 4.69) is 10.3 Å². The molecule has 1 aliphatic rings. The van der Waals surface area contributed by atoms with Crippen molar-refractivity contribution >= 4 is 57.8 Å². The molecule has 0 radical (unpaired) electrons. The third-order valence-corrected chi connectivity index (χ3v) is 4.76. The van der Waals surface area contributed by atoms with Crippen molar-refractivity contribution in [3.63, 3.8) is 0 Å². The number of halogens is 3. The Hall–Kier alpha value is -2.02. The fourth-order valence-electron chi connectivity index (χ4n) is 2.12. The molecule has 1 fully saturated rings. The maximum atomic E-state index is 13.9. The molecule has 1 heterocycles. The Balaban J connectivity index is 1.93. The summed E-state index contributed by atoms with van der Waals surface area (Å²) in [4.78, 5) is 16.8. The predicted octanol–water partition coefficient (Wildman–Crippen LogP) is 5.03. The zero-order valence-corrected chi connectivity index (χ0v) is 15.2. The van der Waals surface area contributed by atoms with Gasteiger partial charge in [0.05, 0.1) is 17.0 Å². The standard InChI is InChI=1S/C17H11Cl2FN2O2S/c1-24-14-6-5-9(18)7-13(14)21-17-22-16(23)15(25-17)8-10-11(19)3-2-4-12(10)20/h2-8H,1H3,(H,21,22,23)/b15-8-. The molecule has 25 heavy (non-hydrogen) atoms. The van der Waals surface area contributed by atoms with Gasteiger partial charge in [-0.25, -0.2) is 9.38 Å². The summed E-state index contributed by atoms with van der Waals surface area (Å²) in [5.41, 5.74) is 0.631. The molecule has 0 atom stereocenters. The maximum Gasteiger partial charge on any atom is 0.264 e. The van der Waals surface area contributed by atoms with E-state index in [1.165, 1.54) is 25.3 Å². The van der Waals surface area contributed by atoms with Crippen molar-refractivity contribution < 1.29 is 13.9 Å². The Labute approximate surface area is 157 Å². The van der Waals surface area contributed by atoms with Gasteiger partial charge in [-0.05, 0) is 48.2 Å². The molecule has 128 valence electrons. The van der Waals surface area contributed by atoms with Gasteiger partial charge in [-0.15, -0.1) is 0 Å². The van der Waals surface area contributed by atoms with Crippen molar-refractivity contribution in [3.05, 3.63) is 62.7 Å². The van der Waals surface area contributed by atoms with Crippen molar-refractivity contribution in [2.24, 2.45) is 4.99 Å². The molecule has 0 bridgehead atoms. The van der Waals surface area contributed by atoms with E-state index in [9.17, 15) is 9.18 Å². The molecule has 0 unspecified atom stereocenters. The van der Waals surface area contributed by atoms with Crippen LogP contribution in [0.2, 0.25) is 10.0 Å². The van der Waals surface area contributed by atoms with E-state index in [1.807, 2.05) is 0 Å². The van der Waals surface area contributed by atoms with Crippen LogP contribution in [0.1, 0.15) is 5.56 Å². The van der Waals surface area contributed by atoms with Gasteiger partial charge in [-0.1, -0.05) is 29.3 Å². The zero-order valence-electron chi connectivity index (χ0n) is 12.8.